The van der Waals surface area contributed by atoms with Crippen molar-refractivity contribution in [1.82, 2.24) is 0 Å². The maximum atomic E-state index is 13.0. The van der Waals surface area contributed by atoms with E-state index < -0.39 is 0 Å². The van der Waals surface area contributed by atoms with Gasteiger partial charge in [-0.2, -0.15) is 0 Å². The molecule has 0 unspecified atom stereocenters. The van der Waals surface area contributed by atoms with E-state index in [2.05, 4.69) is 0 Å². The fraction of sp³-hybridized carbons (Fsp3) is 0.150. The van der Waals surface area contributed by atoms with Gasteiger partial charge in [-0.05, 0) is 29.0 Å². The second kappa shape index (κ2) is 5.43. The van der Waals surface area contributed by atoms with Crippen LogP contribution < -0.4 is 9.47 Å². The summed E-state index contributed by atoms with van der Waals surface area (Å²) >= 11 is 0. The third-order valence-corrected chi connectivity index (χ3v) is 4.37. The number of fused-ring (bicyclic) bond motifs is 2. The van der Waals surface area contributed by atoms with Crippen molar-refractivity contribution in [3.05, 3.63) is 71.8 Å². The van der Waals surface area contributed by atoms with Crippen LogP contribution >= 0.6 is 0 Å². The highest BCUT2D eigenvalue weighted by atomic mass is 16.5. The molecular formula is C20H16O3. The van der Waals surface area contributed by atoms with Crippen LogP contribution in [0.1, 0.15) is 21.8 Å². The van der Waals surface area contributed by atoms with Gasteiger partial charge in [-0.1, -0.05) is 42.5 Å². The standard InChI is InChI=1S/C20H16O3/c1-22-18-11-10-13-6-2-3-7-14(13)19(18)16-12-23-17-9-5-4-8-15(17)20(16)21/h2-11,16H,12H2,1H3/t16-/m0/s1. The number of carbonyl (C=O) groups is 1. The highest BCUT2D eigenvalue weighted by Gasteiger charge is 2.33. The summed E-state index contributed by atoms with van der Waals surface area (Å²) in [6.07, 6.45) is 0. The highest BCUT2D eigenvalue weighted by molar-refractivity contribution is 6.07. The van der Waals surface area contributed by atoms with Gasteiger partial charge in [0, 0.05) is 5.56 Å². The predicted octanol–water partition coefficient (Wildman–Crippen LogP) is 4.21. The normalized spacial score (nSPS) is 16.7. The van der Waals surface area contributed by atoms with Gasteiger partial charge in [-0.25, -0.2) is 0 Å². The lowest BCUT2D eigenvalue weighted by molar-refractivity contribution is 0.0895. The molecule has 3 aromatic carbocycles. The molecule has 23 heavy (non-hydrogen) atoms. The molecule has 0 amide bonds. The van der Waals surface area contributed by atoms with Crippen LogP contribution in [0.5, 0.6) is 11.5 Å². The molecule has 114 valence electrons. The molecule has 4 rings (SSSR count). The van der Waals surface area contributed by atoms with Crippen LogP contribution in [0.2, 0.25) is 0 Å². The van der Waals surface area contributed by atoms with Gasteiger partial charge < -0.3 is 9.47 Å². The largest absolute Gasteiger partial charge is 0.496 e. The van der Waals surface area contributed by atoms with Crippen LogP contribution in [0, 0.1) is 0 Å². The Kier molecular flexibility index (Phi) is 3.27. The lowest BCUT2D eigenvalue weighted by atomic mass is 9.85. The number of ether oxygens (including phenoxy) is 2. The van der Waals surface area contributed by atoms with Crippen LogP contribution in [0.3, 0.4) is 0 Å². The Morgan fingerprint density at radius 3 is 2.65 bits per heavy atom. The first-order chi connectivity index (χ1) is 11.3. The van der Waals surface area contributed by atoms with E-state index in [0.29, 0.717) is 17.9 Å². The van der Waals surface area contributed by atoms with Gasteiger partial charge in [0.15, 0.2) is 5.78 Å². The Balaban J connectivity index is 1.91. The van der Waals surface area contributed by atoms with Gasteiger partial charge in [0.2, 0.25) is 0 Å². The van der Waals surface area contributed by atoms with E-state index in [1.165, 1.54) is 0 Å². The minimum absolute atomic E-state index is 0.0847. The van der Waals surface area contributed by atoms with Crippen LogP contribution in [-0.4, -0.2) is 19.5 Å². The lowest BCUT2D eigenvalue weighted by Gasteiger charge is -2.26. The van der Waals surface area contributed by atoms with Gasteiger partial charge in [-0.15, -0.1) is 0 Å². The maximum Gasteiger partial charge on any atom is 0.177 e. The van der Waals surface area contributed by atoms with E-state index in [0.717, 1.165) is 22.1 Å². The average Bonchev–Trinajstić information content (AvgIpc) is 2.61. The molecule has 1 aliphatic heterocycles. The number of para-hydroxylation sites is 1. The molecule has 1 aliphatic rings. The van der Waals surface area contributed by atoms with Crippen LogP contribution in [0.25, 0.3) is 10.8 Å². The van der Waals surface area contributed by atoms with Gasteiger partial charge in [0.1, 0.15) is 18.1 Å². The Hall–Kier alpha value is -2.81. The van der Waals surface area contributed by atoms with Crippen molar-refractivity contribution in [3.8, 4) is 11.5 Å². The summed E-state index contributed by atoms with van der Waals surface area (Å²) in [5.41, 5.74) is 1.55. The van der Waals surface area contributed by atoms with E-state index in [1.807, 2.05) is 60.7 Å². The summed E-state index contributed by atoms with van der Waals surface area (Å²) in [6.45, 7) is 0.334. The molecule has 3 nitrogen and oxygen atoms in total. The smallest absolute Gasteiger partial charge is 0.177 e. The number of methoxy groups -OCH3 is 1. The number of ketones is 1. The van der Waals surface area contributed by atoms with Gasteiger partial charge in [0.05, 0.1) is 18.6 Å². The second-order valence-electron chi connectivity index (χ2n) is 5.63. The number of benzene rings is 3. The van der Waals surface area contributed by atoms with Crippen LogP contribution in [-0.2, 0) is 0 Å². The summed E-state index contributed by atoms with van der Waals surface area (Å²) in [5, 5.41) is 2.13. The van der Waals surface area contributed by atoms with E-state index in [-0.39, 0.29) is 11.7 Å². The second-order valence-corrected chi connectivity index (χ2v) is 5.63. The summed E-state index contributed by atoms with van der Waals surface area (Å²) < 4.78 is 11.4. The summed E-state index contributed by atoms with van der Waals surface area (Å²) in [6, 6.07) is 19.4. The molecule has 0 fully saturated rings. The third-order valence-electron chi connectivity index (χ3n) is 4.37. The Labute approximate surface area is 134 Å². The van der Waals surface area contributed by atoms with Crippen molar-refractivity contribution in [2.24, 2.45) is 0 Å². The molecule has 0 saturated heterocycles. The molecular weight excluding hydrogens is 288 g/mol. The van der Waals surface area contributed by atoms with E-state index in [1.54, 1.807) is 7.11 Å². The van der Waals surface area contributed by atoms with Gasteiger partial charge in [0.25, 0.3) is 0 Å². The minimum Gasteiger partial charge on any atom is -0.496 e. The molecule has 1 heterocycles. The predicted molar refractivity (Wildman–Crippen MR) is 89.5 cm³/mol. The fourth-order valence-electron chi connectivity index (χ4n) is 3.26. The topological polar surface area (TPSA) is 35.5 Å². The molecule has 0 aliphatic carbocycles. The highest BCUT2D eigenvalue weighted by Crippen LogP contribution is 2.39. The van der Waals surface area contributed by atoms with Crippen molar-refractivity contribution in [1.29, 1.82) is 0 Å². The molecule has 1 atom stereocenters. The van der Waals surface area contributed by atoms with Crippen molar-refractivity contribution >= 4 is 16.6 Å². The lowest BCUT2D eigenvalue weighted by Crippen LogP contribution is -2.26. The van der Waals surface area contributed by atoms with E-state index >= 15 is 0 Å². The van der Waals surface area contributed by atoms with Gasteiger partial charge in [-0.3, -0.25) is 4.79 Å². The first-order valence-electron chi connectivity index (χ1n) is 7.61. The summed E-state index contributed by atoms with van der Waals surface area (Å²) in [4.78, 5) is 13.0. The minimum atomic E-state index is -0.356. The molecule has 0 N–H and O–H groups in total. The number of rotatable bonds is 2. The van der Waals surface area contributed by atoms with Crippen molar-refractivity contribution in [2.75, 3.05) is 13.7 Å². The monoisotopic (exact) mass is 304 g/mol. The Morgan fingerprint density at radius 2 is 1.78 bits per heavy atom. The molecule has 0 radical (unpaired) electrons. The average molecular weight is 304 g/mol. The maximum absolute atomic E-state index is 13.0. The fourth-order valence-corrected chi connectivity index (χ4v) is 3.26. The Morgan fingerprint density at radius 1 is 1.00 bits per heavy atom. The zero-order valence-electron chi connectivity index (χ0n) is 12.8. The number of Topliss-reactive ketones (excluding diaryl/α,β-unsaturated/α-hetero) is 1. The van der Waals surface area contributed by atoms with E-state index in [4.69, 9.17) is 9.47 Å². The van der Waals surface area contributed by atoms with Crippen molar-refractivity contribution in [3.63, 3.8) is 0 Å². The number of hydrogen-bond acceptors (Lipinski definition) is 3. The third kappa shape index (κ3) is 2.16. The first-order valence-corrected chi connectivity index (χ1v) is 7.61. The number of hydrogen-bond donors (Lipinski definition) is 0. The molecule has 0 aromatic heterocycles. The zero-order valence-corrected chi connectivity index (χ0v) is 12.8. The van der Waals surface area contributed by atoms with Crippen LogP contribution in [0.15, 0.2) is 60.7 Å². The van der Waals surface area contributed by atoms with Crippen molar-refractivity contribution < 1.29 is 14.3 Å². The van der Waals surface area contributed by atoms with Gasteiger partial charge >= 0.3 is 0 Å². The van der Waals surface area contributed by atoms with Crippen molar-refractivity contribution in [2.45, 2.75) is 5.92 Å². The first kappa shape index (κ1) is 13.8. The number of carbonyl (C=O) groups excluding carboxylic acids is 1. The summed E-state index contributed by atoms with van der Waals surface area (Å²) in [5.74, 6) is 1.12. The van der Waals surface area contributed by atoms with E-state index in [9.17, 15) is 4.79 Å². The Bertz CT molecular complexity index is 898. The molecule has 3 heteroatoms. The molecule has 0 bridgehead atoms. The zero-order chi connectivity index (χ0) is 15.8. The SMILES string of the molecule is COc1ccc2ccccc2c1[C@@H]1COc2ccccc2C1=O. The molecule has 3 aromatic rings. The van der Waals surface area contributed by atoms with Crippen LogP contribution in [0.4, 0.5) is 0 Å². The summed E-state index contributed by atoms with van der Waals surface area (Å²) in [7, 11) is 1.63. The molecule has 0 saturated carbocycles. The quantitative estimate of drug-likeness (QED) is 0.711. The molecule has 0 spiro atoms.